The maximum atomic E-state index is 12.2. The van der Waals surface area contributed by atoms with Crippen molar-refractivity contribution in [2.24, 2.45) is 5.92 Å². The highest BCUT2D eigenvalue weighted by Gasteiger charge is 2.49. The van der Waals surface area contributed by atoms with Crippen LogP contribution < -0.4 is 4.74 Å². The summed E-state index contributed by atoms with van der Waals surface area (Å²) < 4.78 is 28.2. The van der Waals surface area contributed by atoms with E-state index in [1.807, 2.05) is 18.2 Å². The molecule has 0 aromatic heterocycles. The molecule has 2 aliphatic rings. The summed E-state index contributed by atoms with van der Waals surface area (Å²) in [7, 11) is -0.293. The summed E-state index contributed by atoms with van der Waals surface area (Å²) in [6.07, 6.45) is 0.692. The Morgan fingerprint density at radius 3 is 2.74 bits per heavy atom. The van der Waals surface area contributed by atoms with Crippen LogP contribution in [0.25, 0.3) is 0 Å². The van der Waals surface area contributed by atoms with Crippen molar-refractivity contribution in [1.82, 2.24) is 0 Å². The highest BCUT2D eigenvalue weighted by Crippen LogP contribution is 2.52. The van der Waals surface area contributed by atoms with Crippen molar-refractivity contribution in [2.45, 2.75) is 31.0 Å². The Bertz CT molecular complexity index is 611. The molecule has 1 aliphatic heterocycles. The number of ether oxygens (including phenoxy) is 1. The van der Waals surface area contributed by atoms with E-state index < -0.39 is 13.7 Å². The van der Waals surface area contributed by atoms with Gasteiger partial charge in [0.25, 0.3) is 0 Å². The number of hydrogen-bond donors (Lipinski definition) is 2. The molecule has 128 valence electrons. The van der Waals surface area contributed by atoms with E-state index in [4.69, 9.17) is 13.8 Å². The van der Waals surface area contributed by atoms with Gasteiger partial charge in [0.1, 0.15) is 11.9 Å². The van der Waals surface area contributed by atoms with Crippen molar-refractivity contribution in [3.63, 3.8) is 0 Å². The quantitative estimate of drug-likeness (QED) is 0.769. The molecule has 0 saturated heterocycles. The smallest absolute Gasteiger partial charge is 0.330 e. The van der Waals surface area contributed by atoms with Gasteiger partial charge in [-0.15, -0.1) is 0 Å². The molecule has 0 radical (unpaired) electrons. The fourth-order valence-corrected chi connectivity index (χ4v) is 4.76. The lowest BCUT2D eigenvalue weighted by Crippen LogP contribution is -2.22. The van der Waals surface area contributed by atoms with Crippen LogP contribution in [0.2, 0.25) is 0 Å². The van der Waals surface area contributed by atoms with Gasteiger partial charge in [0, 0.05) is 44.6 Å². The van der Waals surface area contributed by atoms with Gasteiger partial charge in [-0.1, -0.05) is 18.2 Å². The number of aliphatic hydroxyl groups is 2. The van der Waals surface area contributed by atoms with Gasteiger partial charge in [0.05, 0.1) is 12.3 Å². The first-order chi connectivity index (χ1) is 11.0. The Hall–Kier alpha value is -0.910. The number of benzene rings is 1. The van der Waals surface area contributed by atoms with Gasteiger partial charge >= 0.3 is 7.60 Å². The first-order valence-corrected chi connectivity index (χ1v) is 9.53. The molecule has 3 rings (SSSR count). The van der Waals surface area contributed by atoms with E-state index in [9.17, 15) is 14.8 Å². The summed E-state index contributed by atoms with van der Waals surface area (Å²) in [6.45, 7) is -0.0576. The largest absolute Gasteiger partial charge is 0.489 e. The van der Waals surface area contributed by atoms with Crippen LogP contribution in [0.4, 0.5) is 0 Å². The van der Waals surface area contributed by atoms with E-state index in [-0.39, 0.29) is 30.7 Å². The SMILES string of the molecule is COP(=O)(CCc1cccc2c1O[C@H]1C[C@@H](O)[C@H](CO)[C@@H]21)OC. The fraction of sp³-hybridized carbons (Fsp3) is 0.625. The number of aliphatic hydroxyl groups excluding tert-OH is 2. The van der Waals surface area contributed by atoms with Crippen LogP contribution in [0.3, 0.4) is 0 Å². The first-order valence-electron chi connectivity index (χ1n) is 7.81. The second-order valence-electron chi connectivity index (χ2n) is 6.12. The maximum absolute atomic E-state index is 12.2. The van der Waals surface area contributed by atoms with E-state index in [1.165, 1.54) is 14.2 Å². The minimum Gasteiger partial charge on any atom is -0.489 e. The standard InChI is InChI=1S/C16H23O6P/c1-20-23(19,21-2)7-6-10-4-3-5-11-15-12(9-17)13(18)8-14(15)22-16(10)11/h3-5,12-15,17-18H,6-9H2,1-2H3/t12-,13+,14-,15+/m0/s1. The summed E-state index contributed by atoms with van der Waals surface area (Å²) in [4.78, 5) is 0. The van der Waals surface area contributed by atoms with Crippen molar-refractivity contribution in [1.29, 1.82) is 0 Å². The third kappa shape index (κ3) is 2.94. The molecule has 0 bridgehead atoms. The molecule has 1 aliphatic carbocycles. The number of hydrogen-bond acceptors (Lipinski definition) is 6. The summed E-state index contributed by atoms with van der Waals surface area (Å²) in [5.41, 5.74) is 1.98. The van der Waals surface area contributed by atoms with Crippen LogP contribution in [-0.2, 0) is 20.0 Å². The van der Waals surface area contributed by atoms with Crippen LogP contribution in [0, 0.1) is 5.92 Å². The average molecular weight is 342 g/mol. The zero-order valence-electron chi connectivity index (χ0n) is 13.3. The molecular formula is C16H23O6P. The highest BCUT2D eigenvalue weighted by atomic mass is 31.2. The molecule has 0 unspecified atom stereocenters. The van der Waals surface area contributed by atoms with Gasteiger partial charge in [-0.25, -0.2) is 0 Å². The lowest BCUT2D eigenvalue weighted by atomic mass is 9.87. The molecule has 1 aromatic carbocycles. The lowest BCUT2D eigenvalue weighted by molar-refractivity contribution is 0.0832. The predicted molar refractivity (Wildman–Crippen MR) is 85.0 cm³/mol. The minimum absolute atomic E-state index is 0.0154. The van der Waals surface area contributed by atoms with Crippen LogP contribution in [0.15, 0.2) is 18.2 Å². The minimum atomic E-state index is -3.06. The molecule has 6 nitrogen and oxygen atoms in total. The molecule has 1 aromatic rings. The van der Waals surface area contributed by atoms with Gasteiger partial charge in [-0.2, -0.15) is 0 Å². The van der Waals surface area contributed by atoms with E-state index >= 15 is 0 Å². The van der Waals surface area contributed by atoms with Gasteiger partial charge < -0.3 is 24.0 Å². The van der Waals surface area contributed by atoms with Crippen LogP contribution in [0.1, 0.15) is 23.5 Å². The van der Waals surface area contributed by atoms with Crippen molar-refractivity contribution in [3.8, 4) is 5.75 Å². The summed E-state index contributed by atoms with van der Waals surface area (Å²) in [5, 5.41) is 19.6. The summed E-state index contributed by atoms with van der Waals surface area (Å²) in [5.74, 6) is 0.619. The normalized spacial score (nSPS) is 29.2. The van der Waals surface area contributed by atoms with E-state index in [0.717, 1.165) is 16.9 Å². The van der Waals surface area contributed by atoms with E-state index in [2.05, 4.69) is 0 Å². The van der Waals surface area contributed by atoms with Crippen molar-refractivity contribution < 1.29 is 28.6 Å². The van der Waals surface area contributed by atoms with Gasteiger partial charge in [-0.3, -0.25) is 4.57 Å². The second-order valence-corrected chi connectivity index (χ2v) is 8.52. The zero-order chi connectivity index (χ0) is 16.6. The third-order valence-corrected chi connectivity index (χ3v) is 6.89. The molecule has 23 heavy (non-hydrogen) atoms. The van der Waals surface area contributed by atoms with Crippen LogP contribution in [0.5, 0.6) is 5.75 Å². The molecule has 4 atom stereocenters. The Labute approximate surface area is 135 Å². The van der Waals surface area contributed by atoms with E-state index in [0.29, 0.717) is 12.8 Å². The number of fused-ring (bicyclic) bond motifs is 3. The van der Waals surface area contributed by atoms with E-state index in [1.54, 1.807) is 0 Å². The number of aryl methyl sites for hydroxylation is 1. The molecule has 7 heteroatoms. The Morgan fingerprint density at radius 2 is 2.09 bits per heavy atom. The lowest BCUT2D eigenvalue weighted by Gasteiger charge is -2.18. The number of para-hydroxylation sites is 1. The topological polar surface area (TPSA) is 85.2 Å². The molecule has 1 fully saturated rings. The number of rotatable bonds is 6. The zero-order valence-corrected chi connectivity index (χ0v) is 14.2. The van der Waals surface area contributed by atoms with Crippen molar-refractivity contribution in [2.75, 3.05) is 27.0 Å². The average Bonchev–Trinajstić information content (AvgIpc) is 3.07. The fourth-order valence-electron chi connectivity index (χ4n) is 3.74. The Balaban J connectivity index is 1.84. The maximum Gasteiger partial charge on any atom is 0.330 e. The molecule has 1 saturated carbocycles. The van der Waals surface area contributed by atoms with Gasteiger partial charge in [-0.05, 0) is 12.0 Å². The van der Waals surface area contributed by atoms with Crippen molar-refractivity contribution in [3.05, 3.63) is 29.3 Å². The van der Waals surface area contributed by atoms with Crippen LogP contribution >= 0.6 is 7.60 Å². The third-order valence-electron chi connectivity index (χ3n) is 5.01. The highest BCUT2D eigenvalue weighted by molar-refractivity contribution is 7.53. The molecule has 1 heterocycles. The van der Waals surface area contributed by atoms with Gasteiger partial charge in [0.2, 0.25) is 0 Å². The molecule has 2 N–H and O–H groups in total. The Kier molecular flexibility index (Phi) is 4.81. The monoisotopic (exact) mass is 342 g/mol. The van der Waals surface area contributed by atoms with Crippen LogP contribution in [-0.4, -0.2) is 49.4 Å². The first kappa shape index (κ1) is 16.9. The molecule has 0 amide bonds. The van der Waals surface area contributed by atoms with Gasteiger partial charge in [0.15, 0.2) is 0 Å². The predicted octanol–water partition coefficient (Wildman–Crippen LogP) is 1.93. The Morgan fingerprint density at radius 1 is 1.35 bits per heavy atom. The summed E-state index contributed by atoms with van der Waals surface area (Å²) >= 11 is 0. The summed E-state index contributed by atoms with van der Waals surface area (Å²) in [6, 6.07) is 5.86. The molecular weight excluding hydrogens is 319 g/mol. The molecule has 0 spiro atoms. The van der Waals surface area contributed by atoms with Crippen molar-refractivity contribution >= 4 is 7.60 Å². The second kappa shape index (κ2) is 6.54.